The first-order chi connectivity index (χ1) is 10.1. The second-order valence-electron chi connectivity index (χ2n) is 4.17. The quantitative estimate of drug-likeness (QED) is 0.465. The van der Waals surface area contributed by atoms with E-state index in [9.17, 15) is 4.79 Å². The van der Waals surface area contributed by atoms with Crippen molar-refractivity contribution in [3.05, 3.63) is 33.8 Å². The molecule has 0 saturated carbocycles. The summed E-state index contributed by atoms with van der Waals surface area (Å²) in [5.41, 5.74) is 0.802. The Kier molecular flexibility index (Phi) is 7.51. The van der Waals surface area contributed by atoms with Crippen molar-refractivity contribution in [2.24, 2.45) is 0 Å². The third-order valence-electron chi connectivity index (χ3n) is 2.66. The highest BCUT2D eigenvalue weighted by atomic mass is 79.9. The first-order valence-corrected chi connectivity index (χ1v) is 7.14. The number of carbonyl (C=O) groups is 1. The normalized spacial score (nSPS) is 10.9. The number of nitrogens with zero attached hydrogens (tertiary/aromatic N) is 1. The molecule has 6 heteroatoms. The Bertz CT molecular complexity index is 565. The van der Waals surface area contributed by atoms with Crippen molar-refractivity contribution in [3.63, 3.8) is 0 Å². The van der Waals surface area contributed by atoms with Crippen molar-refractivity contribution in [3.8, 4) is 11.8 Å². The number of methoxy groups -OCH3 is 2. The maximum absolute atomic E-state index is 11.9. The molecule has 1 amide bonds. The molecule has 112 valence electrons. The molecule has 0 heterocycles. The summed E-state index contributed by atoms with van der Waals surface area (Å²) in [5, 5.41) is 11.8. The molecule has 1 aromatic rings. The maximum atomic E-state index is 11.9. The second-order valence-corrected chi connectivity index (χ2v) is 5.02. The van der Waals surface area contributed by atoms with Crippen molar-refractivity contribution in [2.75, 3.05) is 27.4 Å². The van der Waals surface area contributed by atoms with Gasteiger partial charge >= 0.3 is 0 Å². The third kappa shape index (κ3) is 5.58. The van der Waals surface area contributed by atoms with Crippen molar-refractivity contribution in [1.82, 2.24) is 5.32 Å². The summed E-state index contributed by atoms with van der Waals surface area (Å²) >= 11 is 3.36. The predicted molar refractivity (Wildman–Crippen MR) is 83.8 cm³/mol. The van der Waals surface area contributed by atoms with Gasteiger partial charge in [-0.25, -0.2) is 0 Å². The van der Waals surface area contributed by atoms with Crippen LogP contribution in [0, 0.1) is 11.3 Å². The predicted octanol–water partition coefficient (Wildman–Crippen LogP) is 2.52. The molecule has 0 aliphatic rings. The van der Waals surface area contributed by atoms with Crippen LogP contribution in [0.4, 0.5) is 0 Å². The zero-order valence-corrected chi connectivity index (χ0v) is 13.6. The number of hydrogen-bond acceptors (Lipinski definition) is 4. The van der Waals surface area contributed by atoms with Crippen LogP contribution in [0.5, 0.6) is 5.75 Å². The number of benzene rings is 1. The summed E-state index contributed by atoms with van der Waals surface area (Å²) in [5.74, 6) is 0.301. The number of nitrogens with one attached hydrogen (secondary N) is 1. The molecule has 1 N–H and O–H groups in total. The fraction of sp³-hybridized carbons (Fsp3) is 0.333. The summed E-state index contributed by atoms with van der Waals surface area (Å²) in [6, 6.07) is 7.24. The molecule has 0 fully saturated rings. The molecule has 5 nitrogen and oxygen atoms in total. The monoisotopic (exact) mass is 352 g/mol. The molecule has 0 saturated heterocycles. The Hall–Kier alpha value is -1.84. The number of hydrogen-bond donors (Lipinski definition) is 1. The van der Waals surface area contributed by atoms with Gasteiger partial charge in [0.25, 0.3) is 5.91 Å². The highest BCUT2D eigenvalue weighted by molar-refractivity contribution is 9.10. The minimum absolute atomic E-state index is 0.0597. The van der Waals surface area contributed by atoms with Crippen LogP contribution >= 0.6 is 15.9 Å². The van der Waals surface area contributed by atoms with Crippen LogP contribution in [-0.2, 0) is 9.53 Å². The standard InChI is InChI=1S/C15H17BrN2O3/c1-20-7-3-6-18-15(19)12(10-17)8-11-4-5-14(21-2)13(16)9-11/h4-5,8-9H,3,6-7H2,1-2H3,(H,18,19)/b12-8-. The number of rotatable bonds is 7. The smallest absolute Gasteiger partial charge is 0.261 e. The van der Waals surface area contributed by atoms with E-state index in [-0.39, 0.29) is 11.5 Å². The average molecular weight is 353 g/mol. The molecule has 0 radical (unpaired) electrons. The van der Waals surface area contributed by atoms with E-state index < -0.39 is 0 Å². The lowest BCUT2D eigenvalue weighted by molar-refractivity contribution is -0.117. The Morgan fingerprint density at radius 3 is 2.81 bits per heavy atom. The summed E-state index contributed by atoms with van der Waals surface area (Å²) in [6.45, 7) is 1.04. The first-order valence-electron chi connectivity index (χ1n) is 6.34. The van der Waals surface area contributed by atoms with Gasteiger partial charge in [-0.15, -0.1) is 0 Å². The molecule has 0 spiro atoms. The van der Waals surface area contributed by atoms with Gasteiger partial charge in [0.2, 0.25) is 0 Å². The van der Waals surface area contributed by atoms with Gasteiger partial charge in [0.05, 0.1) is 11.6 Å². The van der Waals surface area contributed by atoms with Crippen LogP contribution in [0.3, 0.4) is 0 Å². The Morgan fingerprint density at radius 2 is 2.24 bits per heavy atom. The maximum Gasteiger partial charge on any atom is 0.261 e. The van der Waals surface area contributed by atoms with Gasteiger partial charge in [-0.3, -0.25) is 4.79 Å². The number of carbonyl (C=O) groups excluding carboxylic acids is 1. The molecular weight excluding hydrogens is 336 g/mol. The lowest BCUT2D eigenvalue weighted by Gasteiger charge is -2.05. The van der Waals surface area contributed by atoms with Crippen molar-refractivity contribution >= 4 is 27.9 Å². The zero-order chi connectivity index (χ0) is 15.7. The van der Waals surface area contributed by atoms with Gasteiger partial charge in [0, 0.05) is 20.3 Å². The van der Waals surface area contributed by atoms with E-state index in [1.54, 1.807) is 32.4 Å². The van der Waals surface area contributed by atoms with E-state index in [0.717, 1.165) is 10.0 Å². The molecule has 1 rings (SSSR count). The van der Waals surface area contributed by atoms with E-state index in [2.05, 4.69) is 21.2 Å². The van der Waals surface area contributed by atoms with E-state index in [1.165, 1.54) is 6.08 Å². The van der Waals surface area contributed by atoms with Crippen LogP contribution in [0.1, 0.15) is 12.0 Å². The fourth-order valence-corrected chi connectivity index (χ4v) is 2.16. The molecule has 0 bridgehead atoms. The fourth-order valence-electron chi connectivity index (χ4n) is 1.60. The zero-order valence-electron chi connectivity index (χ0n) is 12.0. The molecule has 0 unspecified atom stereocenters. The summed E-state index contributed by atoms with van der Waals surface area (Å²) in [4.78, 5) is 11.9. The van der Waals surface area contributed by atoms with Crippen molar-refractivity contribution < 1.29 is 14.3 Å². The minimum atomic E-state index is -0.388. The Balaban J connectivity index is 2.77. The van der Waals surface area contributed by atoms with Gasteiger partial charge in [-0.1, -0.05) is 6.07 Å². The van der Waals surface area contributed by atoms with E-state index in [1.807, 2.05) is 6.07 Å². The summed E-state index contributed by atoms with van der Waals surface area (Å²) in [6.07, 6.45) is 2.24. The minimum Gasteiger partial charge on any atom is -0.496 e. The van der Waals surface area contributed by atoms with Crippen LogP contribution in [0.15, 0.2) is 28.2 Å². The third-order valence-corrected chi connectivity index (χ3v) is 3.28. The van der Waals surface area contributed by atoms with Gasteiger partial charge in [-0.05, 0) is 46.1 Å². The molecular formula is C15H17BrN2O3. The molecule has 0 aliphatic carbocycles. The van der Waals surface area contributed by atoms with Gasteiger partial charge in [0.15, 0.2) is 0 Å². The van der Waals surface area contributed by atoms with Gasteiger partial charge in [-0.2, -0.15) is 5.26 Å². The highest BCUT2D eigenvalue weighted by Gasteiger charge is 2.09. The van der Waals surface area contributed by atoms with Crippen molar-refractivity contribution in [2.45, 2.75) is 6.42 Å². The van der Waals surface area contributed by atoms with Gasteiger partial charge < -0.3 is 14.8 Å². The van der Waals surface area contributed by atoms with Crippen LogP contribution < -0.4 is 10.1 Å². The highest BCUT2D eigenvalue weighted by Crippen LogP contribution is 2.26. The summed E-state index contributed by atoms with van der Waals surface area (Å²) < 4.78 is 10.8. The second kappa shape index (κ2) is 9.16. The van der Waals surface area contributed by atoms with E-state index >= 15 is 0 Å². The molecule has 1 aromatic carbocycles. The Morgan fingerprint density at radius 1 is 1.48 bits per heavy atom. The molecule has 0 atom stereocenters. The van der Waals surface area contributed by atoms with Gasteiger partial charge in [0.1, 0.15) is 17.4 Å². The van der Waals surface area contributed by atoms with Crippen LogP contribution in [0.2, 0.25) is 0 Å². The molecule has 0 aromatic heterocycles. The van der Waals surface area contributed by atoms with Crippen molar-refractivity contribution in [1.29, 1.82) is 5.26 Å². The molecule has 21 heavy (non-hydrogen) atoms. The number of nitriles is 1. The SMILES string of the molecule is COCCCNC(=O)/C(C#N)=C\c1ccc(OC)c(Br)c1. The lowest BCUT2D eigenvalue weighted by atomic mass is 10.1. The Labute approximate surface area is 132 Å². The number of halogens is 1. The van der Waals surface area contributed by atoms with Crippen LogP contribution in [-0.4, -0.2) is 33.3 Å². The number of amides is 1. The topological polar surface area (TPSA) is 71.3 Å². The van der Waals surface area contributed by atoms with E-state index in [0.29, 0.717) is 25.3 Å². The first kappa shape index (κ1) is 17.2. The summed E-state index contributed by atoms with van der Waals surface area (Å²) in [7, 11) is 3.17. The van der Waals surface area contributed by atoms with Crippen LogP contribution in [0.25, 0.3) is 6.08 Å². The lowest BCUT2D eigenvalue weighted by Crippen LogP contribution is -2.26. The average Bonchev–Trinajstić information content (AvgIpc) is 2.49. The number of ether oxygens (including phenoxy) is 2. The largest absolute Gasteiger partial charge is 0.496 e. The van der Waals surface area contributed by atoms with E-state index in [4.69, 9.17) is 14.7 Å². The molecule has 0 aliphatic heterocycles.